The van der Waals surface area contributed by atoms with Crippen molar-refractivity contribution in [3.05, 3.63) is 35.0 Å². The number of aromatic amines is 1. The van der Waals surface area contributed by atoms with Gasteiger partial charge in [-0.2, -0.15) is 0 Å². The molecular weight excluding hydrogens is 212 g/mol. The number of H-pyrrole nitrogens is 1. The molecule has 0 bridgehead atoms. The normalized spacial score (nSPS) is 16.2. The molecule has 3 rings (SSSR count). The highest BCUT2D eigenvalue weighted by molar-refractivity contribution is 6.01. The molecule has 2 N–H and O–H groups in total. The smallest absolute Gasteiger partial charge is 0.0837 e. The maximum atomic E-state index is 8.80. The molecule has 3 heteroatoms. The molecule has 0 aliphatic heterocycles. The first-order chi connectivity index (χ1) is 8.29. The molecule has 3 nitrogen and oxygen atoms in total. The molecule has 88 valence electrons. The van der Waals surface area contributed by atoms with E-state index in [4.69, 9.17) is 5.21 Å². The van der Waals surface area contributed by atoms with Gasteiger partial charge in [0.1, 0.15) is 0 Å². The van der Waals surface area contributed by atoms with Gasteiger partial charge in [0.15, 0.2) is 0 Å². The van der Waals surface area contributed by atoms with E-state index in [-0.39, 0.29) is 0 Å². The summed E-state index contributed by atoms with van der Waals surface area (Å²) in [7, 11) is 0. The van der Waals surface area contributed by atoms with Gasteiger partial charge >= 0.3 is 0 Å². The summed E-state index contributed by atoms with van der Waals surface area (Å²) in [6.45, 7) is 1.81. The van der Waals surface area contributed by atoms with Gasteiger partial charge in [-0.15, -0.1) is 0 Å². The zero-order valence-electron chi connectivity index (χ0n) is 9.95. The minimum atomic E-state index is 0.652. The summed E-state index contributed by atoms with van der Waals surface area (Å²) in [4.78, 5) is 3.50. The van der Waals surface area contributed by atoms with E-state index in [1.54, 1.807) is 0 Å². The van der Waals surface area contributed by atoms with Crippen molar-refractivity contribution in [1.29, 1.82) is 0 Å². The Balaban J connectivity index is 2.18. The van der Waals surface area contributed by atoms with Crippen LogP contribution < -0.4 is 0 Å². The van der Waals surface area contributed by atoms with Gasteiger partial charge in [0, 0.05) is 22.2 Å². The molecule has 1 aromatic carbocycles. The van der Waals surface area contributed by atoms with E-state index >= 15 is 0 Å². The quantitative estimate of drug-likeness (QED) is 0.439. The molecule has 2 aromatic rings. The van der Waals surface area contributed by atoms with E-state index in [2.05, 4.69) is 22.3 Å². The highest BCUT2D eigenvalue weighted by Crippen LogP contribution is 2.29. The standard InChI is InChI=1S/C14H16N2O/c1-9(16-17)10-6-7-12-11-4-2-3-5-13(11)15-14(12)8-10/h6-8,15,17H,2-5H2,1H3/b16-9-. The van der Waals surface area contributed by atoms with Gasteiger partial charge in [0.25, 0.3) is 0 Å². The summed E-state index contributed by atoms with van der Waals surface area (Å²) >= 11 is 0. The minimum Gasteiger partial charge on any atom is -0.411 e. The number of nitrogens with one attached hydrogen (secondary N) is 1. The van der Waals surface area contributed by atoms with Crippen molar-refractivity contribution in [3.63, 3.8) is 0 Å². The minimum absolute atomic E-state index is 0.652. The van der Waals surface area contributed by atoms with Gasteiger partial charge in [0.2, 0.25) is 0 Å². The Morgan fingerprint density at radius 1 is 1.29 bits per heavy atom. The molecule has 0 spiro atoms. The van der Waals surface area contributed by atoms with E-state index in [1.165, 1.54) is 35.9 Å². The molecule has 0 radical (unpaired) electrons. The number of hydrogen-bond acceptors (Lipinski definition) is 2. The number of fused-ring (bicyclic) bond motifs is 3. The van der Waals surface area contributed by atoms with Crippen molar-refractivity contribution in [2.75, 3.05) is 0 Å². The zero-order valence-corrected chi connectivity index (χ0v) is 9.95. The van der Waals surface area contributed by atoms with Crippen molar-refractivity contribution in [1.82, 2.24) is 4.98 Å². The molecule has 0 amide bonds. The molecule has 0 saturated carbocycles. The first-order valence-electron chi connectivity index (χ1n) is 6.12. The maximum Gasteiger partial charge on any atom is 0.0837 e. The topological polar surface area (TPSA) is 48.4 Å². The third-order valence-corrected chi connectivity index (χ3v) is 3.67. The Morgan fingerprint density at radius 2 is 2.12 bits per heavy atom. The van der Waals surface area contributed by atoms with E-state index in [0.29, 0.717) is 5.71 Å². The van der Waals surface area contributed by atoms with Gasteiger partial charge in [-0.1, -0.05) is 17.3 Å². The largest absolute Gasteiger partial charge is 0.411 e. The second kappa shape index (κ2) is 3.91. The van der Waals surface area contributed by atoms with Crippen molar-refractivity contribution >= 4 is 16.6 Å². The highest BCUT2D eigenvalue weighted by atomic mass is 16.4. The monoisotopic (exact) mass is 228 g/mol. The summed E-state index contributed by atoms with van der Waals surface area (Å²) in [5, 5.41) is 13.4. The van der Waals surface area contributed by atoms with Gasteiger partial charge in [-0.3, -0.25) is 0 Å². The zero-order chi connectivity index (χ0) is 11.8. The Hall–Kier alpha value is -1.77. The Bertz CT molecular complexity index is 596. The Kier molecular flexibility index (Phi) is 2.39. The number of oxime groups is 1. The van der Waals surface area contributed by atoms with Crippen LogP contribution in [-0.4, -0.2) is 15.9 Å². The second-order valence-corrected chi connectivity index (χ2v) is 4.73. The first-order valence-corrected chi connectivity index (χ1v) is 6.12. The summed E-state index contributed by atoms with van der Waals surface area (Å²) in [5.74, 6) is 0. The lowest BCUT2D eigenvalue weighted by atomic mass is 9.95. The van der Waals surface area contributed by atoms with Crippen LogP contribution in [0.25, 0.3) is 10.9 Å². The predicted octanol–water partition coefficient (Wildman–Crippen LogP) is 3.24. The van der Waals surface area contributed by atoms with Crippen molar-refractivity contribution < 1.29 is 5.21 Å². The molecule has 0 atom stereocenters. The highest BCUT2D eigenvalue weighted by Gasteiger charge is 2.15. The molecule has 1 aliphatic rings. The molecule has 17 heavy (non-hydrogen) atoms. The molecular formula is C14H16N2O. The van der Waals surface area contributed by atoms with Crippen LogP contribution in [0, 0.1) is 0 Å². The van der Waals surface area contributed by atoms with Crippen LogP contribution in [-0.2, 0) is 12.8 Å². The van der Waals surface area contributed by atoms with Crippen LogP contribution in [0.15, 0.2) is 23.4 Å². The van der Waals surface area contributed by atoms with E-state index in [0.717, 1.165) is 17.5 Å². The number of aryl methyl sites for hydroxylation is 2. The predicted molar refractivity (Wildman–Crippen MR) is 68.9 cm³/mol. The number of nitrogens with zero attached hydrogens (tertiary/aromatic N) is 1. The maximum absolute atomic E-state index is 8.80. The summed E-state index contributed by atoms with van der Waals surface area (Å²) in [6.07, 6.45) is 4.91. The number of aromatic nitrogens is 1. The van der Waals surface area contributed by atoms with Crippen molar-refractivity contribution in [2.24, 2.45) is 5.16 Å². The third kappa shape index (κ3) is 1.62. The summed E-state index contributed by atoms with van der Waals surface area (Å²) in [6, 6.07) is 6.24. The van der Waals surface area contributed by atoms with E-state index in [9.17, 15) is 0 Å². The van der Waals surface area contributed by atoms with Crippen molar-refractivity contribution in [3.8, 4) is 0 Å². The van der Waals surface area contributed by atoms with Crippen LogP contribution in [0.1, 0.15) is 36.6 Å². The average Bonchev–Trinajstić information content (AvgIpc) is 2.75. The fourth-order valence-corrected chi connectivity index (χ4v) is 2.70. The van der Waals surface area contributed by atoms with Gasteiger partial charge in [0.05, 0.1) is 5.71 Å². The summed E-state index contributed by atoms with van der Waals surface area (Å²) in [5.41, 5.74) is 5.66. The SMILES string of the molecule is C/C(=N/O)c1ccc2c3c([nH]c2c1)CCCC3. The van der Waals surface area contributed by atoms with Gasteiger partial charge in [-0.05, 0) is 44.2 Å². The number of hydrogen-bond donors (Lipinski definition) is 2. The third-order valence-electron chi connectivity index (χ3n) is 3.67. The second-order valence-electron chi connectivity index (χ2n) is 4.73. The van der Waals surface area contributed by atoms with Crippen LogP contribution in [0.5, 0.6) is 0 Å². The van der Waals surface area contributed by atoms with Crippen LogP contribution in [0.2, 0.25) is 0 Å². The fourth-order valence-electron chi connectivity index (χ4n) is 2.70. The van der Waals surface area contributed by atoms with Crippen LogP contribution in [0.3, 0.4) is 0 Å². The Labute approximate surface area is 100 Å². The number of rotatable bonds is 1. The van der Waals surface area contributed by atoms with Crippen LogP contribution >= 0.6 is 0 Å². The fraction of sp³-hybridized carbons (Fsp3) is 0.357. The number of benzene rings is 1. The van der Waals surface area contributed by atoms with Crippen LogP contribution in [0.4, 0.5) is 0 Å². The van der Waals surface area contributed by atoms with E-state index in [1.807, 2.05) is 13.0 Å². The van der Waals surface area contributed by atoms with Gasteiger partial charge in [-0.25, -0.2) is 0 Å². The van der Waals surface area contributed by atoms with E-state index < -0.39 is 0 Å². The lowest BCUT2D eigenvalue weighted by Crippen LogP contribution is -1.99. The lowest BCUT2D eigenvalue weighted by Gasteiger charge is -2.10. The first kappa shape index (κ1) is 10.4. The van der Waals surface area contributed by atoms with Gasteiger partial charge < -0.3 is 10.2 Å². The summed E-state index contributed by atoms with van der Waals surface area (Å²) < 4.78 is 0. The molecule has 0 unspecified atom stereocenters. The molecule has 0 fully saturated rings. The Morgan fingerprint density at radius 3 is 2.94 bits per heavy atom. The average molecular weight is 228 g/mol. The molecule has 0 saturated heterocycles. The van der Waals surface area contributed by atoms with Crippen molar-refractivity contribution in [2.45, 2.75) is 32.6 Å². The molecule has 1 aromatic heterocycles. The molecule has 1 aliphatic carbocycles. The lowest BCUT2D eigenvalue weighted by molar-refractivity contribution is 0.319. The molecule has 1 heterocycles.